The third kappa shape index (κ3) is 2.43. The minimum Gasteiger partial charge on any atom is -0.333 e. The highest BCUT2D eigenvalue weighted by molar-refractivity contribution is 5.78. The van der Waals surface area contributed by atoms with E-state index in [2.05, 4.69) is 29.7 Å². The molecule has 1 aliphatic heterocycles. The number of aryl methyl sites for hydroxylation is 1. The van der Waals surface area contributed by atoms with Gasteiger partial charge in [0.25, 0.3) is 0 Å². The summed E-state index contributed by atoms with van der Waals surface area (Å²) >= 11 is 0. The summed E-state index contributed by atoms with van der Waals surface area (Å²) in [5, 5.41) is 0. The summed E-state index contributed by atoms with van der Waals surface area (Å²) in [6.45, 7) is 5.95. The molecule has 0 N–H and O–H groups in total. The molecule has 2 aromatic rings. The first-order valence-electron chi connectivity index (χ1n) is 8.00. The Morgan fingerprint density at radius 3 is 2.90 bits per heavy atom. The zero-order valence-electron chi connectivity index (χ0n) is 12.9. The smallest absolute Gasteiger partial charge is 0.222 e. The first kappa shape index (κ1) is 14.1. The van der Waals surface area contributed by atoms with E-state index in [4.69, 9.17) is 4.98 Å². The van der Waals surface area contributed by atoms with Crippen molar-refractivity contribution in [2.75, 3.05) is 6.54 Å². The lowest BCUT2D eigenvalue weighted by Gasteiger charge is -2.24. The van der Waals surface area contributed by atoms with Crippen molar-refractivity contribution >= 4 is 16.9 Å². The molecule has 2 heterocycles. The molecule has 1 aliphatic rings. The number of nitrogens with zero attached hydrogens (tertiary/aromatic N) is 3. The van der Waals surface area contributed by atoms with Crippen LogP contribution in [-0.2, 0) is 11.3 Å². The molecule has 1 saturated heterocycles. The average Bonchev–Trinajstić information content (AvgIpc) is 3.11. The van der Waals surface area contributed by atoms with Gasteiger partial charge in [-0.05, 0) is 31.4 Å². The van der Waals surface area contributed by atoms with Gasteiger partial charge in [-0.2, -0.15) is 0 Å². The van der Waals surface area contributed by atoms with Crippen LogP contribution in [0.5, 0.6) is 0 Å². The van der Waals surface area contributed by atoms with Gasteiger partial charge in [0.2, 0.25) is 5.91 Å². The van der Waals surface area contributed by atoms with E-state index < -0.39 is 0 Å². The molecule has 0 radical (unpaired) electrons. The Morgan fingerprint density at radius 2 is 2.14 bits per heavy atom. The van der Waals surface area contributed by atoms with Crippen LogP contribution >= 0.6 is 0 Å². The first-order valence-corrected chi connectivity index (χ1v) is 8.00. The topological polar surface area (TPSA) is 38.1 Å². The lowest BCUT2D eigenvalue weighted by molar-refractivity contribution is -0.131. The van der Waals surface area contributed by atoms with Crippen molar-refractivity contribution in [3.63, 3.8) is 0 Å². The number of aromatic nitrogens is 2. The number of para-hydroxylation sites is 2. The van der Waals surface area contributed by atoms with Crippen molar-refractivity contribution in [1.29, 1.82) is 0 Å². The summed E-state index contributed by atoms with van der Waals surface area (Å²) in [7, 11) is 0. The number of carbonyl (C=O) groups excluding carboxylic acids is 1. The van der Waals surface area contributed by atoms with Gasteiger partial charge in [-0.25, -0.2) is 4.98 Å². The third-order valence-corrected chi connectivity index (χ3v) is 4.30. The van der Waals surface area contributed by atoms with Gasteiger partial charge in [0.15, 0.2) is 0 Å². The van der Waals surface area contributed by atoms with Gasteiger partial charge < -0.3 is 9.47 Å². The minimum atomic E-state index is 0.149. The molecule has 0 spiro atoms. The normalized spacial score (nSPS) is 18.6. The zero-order valence-corrected chi connectivity index (χ0v) is 12.9. The molecule has 21 heavy (non-hydrogen) atoms. The highest BCUT2D eigenvalue weighted by atomic mass is 16.2. The fraction of sp³-hybridized carbons (Fsp3) is 0.529. The second kappa shape index (κ2) is 5.88. The van der Waals surface area contributed by atoms with E-state index >= 15 is 0 Å². The van der Waals surface area contributed by atoms with Crippen molar-refractivity contribution in [2.24, 2.45) is 0 Å². The minimum absolute atomic E-state index is 0.149. The number of hydrogen-bond acceptors (Lipinski definition) is 2. The standard InChI is InChI=1S/C17H23N3O/c1-3-11-20-14-9-6-5-8-13(14)18-17(20)15-10-7-12-19(15)16(21)4-2/h5-6,8-9,15H,3-4,7,10-12H2,1-2H3/t15-/m0/s1. The van der Waals surface area contributed by atoms with Crippen molar-refractivity contribution in [2.45, 2.75) is 52.1 Å². The van der Waals surface area contributed by atoms with E-state index in [9.17, 15) is 4.79 Å². The lowest BCUT2D eigenvalue weighted by atomic mass is 10.2. The van der Waals surface area contributed by atoms with E-state index in [0.29, 0.717) is 6.42 Å². The van der Waals surface area contributed by atoms with Gasteiger partial charge in [-0.1, -0.05) is 26.0 Å². The number of hydrogen-bond donors (Lipinski definition) is 0. The van der Waals surface area contributed by atoms with Crippen molar-refractivity contribution in [1.82, 2.24) is 14.5 Å². The van der Waals surface area contributed by atoms with E-state index in [-0.39, 0.29) is 11.9 Å². The maximum Gasteiger partial charge on any atom is 0.222 e. The lowest BCUT2D eigenvalue weighted by Crippen LogP contribution is -2.31. The molecule has 1 atom stereocenters. The molecule has 0 saturated carbocycles. The van der Waals surface area contributed by atoms with Crippen LogP contribution in [0.3, 0.4) is 0 Å². The number of likely N-dealkylation sites (tertiary alicyclic amines) is 1. The molecule has 0 aliphatic carbocycles. The first-order chi connectivity index (χ1) is 10.3. The predicted octanol–water partition coefficient (Wildman–Crippen LogP) is 3.52. The number of fused-ring (bicyclic) bond motifs is 1. The van der Waals surface area contributed by atoms with Gasteiger partial charge in [0.1, 0.15) is 5.82 Å². The van der Waals surface area contributed by atoms with Gasteiger partial charge in [-0.3, -0.25) is 4.79 Å². The second-order valence-electron chi connectivity index (χ2n) is 5.71. The largest absolute Gasteiger partial charge is 0.333 e. The Hall–Kier alpha value is -1.84. The van der Waals surface area contributed by atoms with Crippen LogP contribution in [0.25, 0.3) is 11.0 Å². The second-order valence-corrected chi connectivity index (χ2v) is 5.71. The summed E-state index contributed by atoms with van der Waals surface area (Å²) in [6, 6.07) is 8.42. The summed E-state index contributed by atoms with van der Waals surface area (Å²) in [5.41, 5.74) is 2.22. The van der Waals surface area contributed by atoms with Gasteiger partial charge in [-0.15, -0.1) is 0 Å². The summed E-state index contributed by atoms with van der Waals surface area (Å²) in [5.74, 6) is 1.31. The van der Waals surface area contributed by atoms with E-state index in [1.54, 1.807) is 0 Å². The molecular weight excluding hydrogens is 262 g/mol. The van der Waals surface area contributed by atoms with Crippen molar-refractivity contribution in [3.8, 4) is 0 Å². The Kier molecular flexibility index (Phi) is 3.95. The molecular formula is C17H23N3O. The number of rotatable bonds is 4. The molecule has 0 unspecified atom stereocenters. The van der Waals surface area contributed by atoms with Crippen molar-refractivity contribution in [3.05, 3.63) is 30.1 Å². The molecule has 0 bridgehead atoms. The van der Waals surface area contributed by atoms with E-state index in [1.165, 1.54) is 5.52 Å². The quantitative estimate of drug-likeness (QED) is 0.862. The van der Waals surface area contributed by atoms with Gasteiger partial charge >= 0.3 is 0 Å². The maximum atomic E-state index is 12.2. The SMILES string of the molecule is CCCn1c([C@@H]2CCCN2C(=O)CC)nc2ccccc21. The predicted molar refractivity (Wildman–Crippen MR) is 84.0 cm³/mol. The van der Waals surface area contributed by atoms with Crippen LogP contribution in [0.4, 0.5) is 0 Å². The average molecular weight is 285 g/mol. The zero-order chi connectivity index (χ0) is 14.8. The fourth-order valence-corrected chi connectivity index (χ4v) is 3.34. The van der Waals surface area contributed by atoms with Crippen molar-refractivity contribution < 1.29 is 4.79 Å². The highest BCUT2D eigenvalue weighted by Crippen LogP contribution is 2.33. The molecule has 3 rings (SSSR count). The number of imidazole rings is 1. The van der Waals surface area contributed by atoms with E-state index in [1.807, 2.05) is 17.9 Å². The Labute approximate surface area is 125 Å². The molecule has 4 heteroatoms. The number of benzene rings is 1. The van der Waals surface area contributed by atoms with Crippen LogP contribution in [0.15, 0.2) is 24.3 Å². The van der Waals surface area contributed by atoms with E-state index in [0.717, 1.165) is 43.7 Å². The number of amides is 1. The summed E-state index contributed by atoms with van der Waals surface area (Å²) < 4.78 is 2.31. The maximum absolute atomic E-state index is 12.2. The van der Waals surface area contributed by atoms with Crippen LogP contribution in [0, 0.1) is 0 Å². The Balaban J connectivity index is 2.06. The van der Waals surface area contributed by atoms with Gasteiger partial charge in [0, 0.05) is 19.5 Å². The van der Waals surface area contributed by atoms with Gasteiger partial charge in [0.05, 0.1) is 17.1 Å². The number of carbonyl (C=O) groups is 1. The summed E-state index contributed by atoms with van der Waals surface area (Å²) in [6.07, 6.45) is 3.75. The molecule has 1 fully saturated rings. The highest BCUT2D eigenvalue weighted by Gasteiger charge is 2.32. The Morgan fingerprint density at radius 1 is 1.33 bits per heavy atom. The molecule has 112 valence electrons. The van der Waals surface area contributed by atoms with Crippen LogP contribution in [0.1, 0.15) is 51.4 Å². The van der Waals surface area contributed by atoms with Crippen LogP contribution in [0.2, 0.25) is 0 Å². The van der Waals surface area contributed by atoms with Crippen LogP contribution < -0.4 is 0 Å². The monoisotopic (exact) mass is 285 g/mol. The molecule has 4 nitrogen and oxygen atoms in total. The molecule has 1 amide bonds. The summed E-state index contributed by atoms with van der Waals surface area (Å²) in [4.78, 5) is 19.0. The Bertz CT molecular complexity index is 647. The fourth-order valence-electron chi connectivity index (χ4n) is 3.34. The molecule has 1 aromatic carbocycles. The van der Waals surface area contributed by atoms with Crippen LogP contribution in [-0.4, -0.2) is 26.9 Å². The third-order valence-electron chi connectivity index (χ3n) is 4.30. The molecule has 1 aromatic heterocycles.